The summed E-state index contributed by atoms with van der Waals surface area (Å²) in [5, 5.41) is 2.48. The number of rotatable bonds is 7. The summed E-state index contributed by atoms with van der Waals surface area (Å²) in [6, 6.07) is 6.79. The lowest BCUT2D eigenvalue weighted by atomic mass is 10.0. The van der Waals surface area contributed by atoms with Gasteiger partial charge in [-0.05, 0) is 57.4 Å². The molecular weight excluding hydrogens is 336 g/mol. The fraction of sp³-hybridized carbons (Fsp3) is 0.526. The number of carbonyl (C=O) groups excluding carboxylic acids is 3. The third-order valence-corrected chi connectivity index (χ3v) is 4.30. The van der Waals surface area contributed by atoms with Crippen molar-refractivity contribution in [2.45, 2.75) is 39.2 Å². The molecule has 1 N–H and O–H groups in total. The second-order valence-electron chi connectivity index (χ2n) is 6.23. The van der Waals surface area contributed by atoms with Crippen LogP contribution in [0.5, 0.6) is 5.75 Å². The van der Waals surface area contributed by atoms with Crippen molar-refractivity contribution >= 4 is 17.8 Å². The van der Waals surface area contributed by atoms with Crippen molar-refractivity contribution in [3.63, 3.8) is 0 Å². The topological polar surface area (TPSA) is 84.9 Å². The summed E-state index contributed by atoms with van der Waals surface area (Å²) in [5.74, 6) is -0.541. The van der Waals surface area contributed by atoms with E-state index < -0.39 is 5.97 Å². The van der Waals surface area contributed by atoms with Crippen molar-refractivity contribution in [1.29, 1.82) is 0 Å². The van der Waals surface area contributed by atoms with Crippen LogP contribution in [0, 0.1) is 0 Å². The van der Waals surface area contributed by atoms with Crippen molar-refractivity contribution < 1.29 is 23.9 Å². The number of likely N-dealkylation sites (tertiary alicyclic amines) is 1. The molecule has 0 spiro atoms. The highest BCUT2D eigenvalue weighted by molar-refractivity contribution is 5.96. The van der Waals surface area contributed by atoms with Gasteiger partial charge in [0.1, 0.15) is 12.3 Å². The summed E-state index contributed by atoms with van der Waals surface area (Å²) >= 11 is 0. The minimum absolute atomic E-state index is 0.175. The van der Waals surface area contributed by atoms with Crippen LogP contribution in [-0.4, -0.2) is 55.0 Å². The Labute approximate surface area is 153 Å². The molecule has 7 nitrogen and oxygen atoms in total. The van der Waals surface area contributed by atoms with Crippen LogP contribution in [0.3, 0.4) is 0 Å². The first kappa shape index (κ1) is 19.8. The molecule has 1 aromatic carbocycles. The summed E-state index contributed by atoms with van der Waals surface area (Å²) in [7, 11) is 0. The van der Waals surface area contributed by atoms with Crippen molar-refractivity contribution in [2.75, 3.05) is 26.3 Å². The molecule has 1 atom stereocenters. The number of nitrogens with zero attached hydrogens (tertiary/aromatic N) is 1. The summed E-state index contributed by atoms with van der Waals surface area (Å²) in [6.07, 6.45) is 3.06. The lowest BCUT2D eigenvalue weighted by Crippen LogP contribution is -2.44. The van der Waals surface area contributed by atoms with Crippen LogP contribution in [0.25, 0.3) is 0 Å². The van der Waals surface area contributed by atoms with Gasteiger partial charge in [0.15, 0.2) is 6.61 Å². The molecule has 0 saturated carbocycles. The molecule has 26 heavy (non-hydrogen) atoms. The van der Waals surface area contributed by atoms with E-state index in [0.717, 1.165) is 19.3 Å². The molecule has 2 amide bonds. The Kier molecular flexibility index (Phi) is 7.44. The number of esters is 1. The number of amides is 2. The number of hydrogen-bond acceptors (Lipinski definition) is 5. The van der Waals surface area contributed by atoms with Crippen LogP contribution in [0.2, 0.25) is 0 Å². The van der Waals surface area contributed by atoms with Crippen LogP contribution < -0.4 is 10.1 Å². The maximum absolute atomic E-state index is 12.1. The molecule has 0 bridgehead atoms. The number of carbonyl (C=O) groups is 3. The van der Waals surface area contributed by atoms with E-state index in [9.17, 15) is 14.4 Å². The Bertz CT molecular complexity index is 629. The lowest BCUT2D eigenvalue weighted by molar-refractivity contribution is -0.152. The van der Waals surface area contributed by atoms with Gasteiger partial charge in [0.05, 0.1) is 6.61 Å². The van der Waals surface area contributed by atoms with Crippen molar-refractivity contribution in [3.05, 3.63) is 29.8 Å². The fourth-order valence-corrected chi connectivity index (χ4v) is 2.87. The van der Waals surface area contributed by atoms with E-state index in [0.29, 0.717) is 24.5 Å². The minimum atomic E-state index is -0.637. The van der Waals surface area contributed by atoms with Crippen molar-refractivity contribution in [1.82, 2.24) is 10.2 Å². The molecule has 0 aromatic heterocycles. The lowest BCUT2D eigenvalue weighted by Gasteiger charge is -2.33. The SMILES string of the molecule is CCOc1ccc(C(=O)NCC(=O)OCC(=O)N2CCCCC2C)cc1. The zero-order chi connectivity index (χ0) is 18.9. The van der Waals surface area contributed by atoms with Gasteiger partial charge in [-0.2, -0.15) is 0 Å². The van der Waals surface area contributed by atoms with Crippen molar-refractivity contribution in [2.24, 2.45) is 0 Å². The van der Waals surface area contributed by atoms with E-state index in [2.05, 4.69) is 5.32 Å². The molecule has 1 aliphatic rings. The summed E-state index contributed by atoms with van der Waals surface area (Å²) in [4.78, 5) is 37.6. The molecule has 1 saturated heterocycles. The predicted octanol–water partition coefficient (Wildman–Crippen LogP) is 1.76. The van der Waals surface area contributed by atoms with Gasteiger partial charge < -0.3 is 19.7 Å². The Balaban J connectivity index is 1.72. The van der Waals surface area contributed by atoms with E-state index in [4.69, 9.17) is 9.47 Å². The van der Waals surface area contributed by atoms with Crippen molar-refractivity contribution in [3.8, 4) is 5.75 Å². The van der Waals surface area contributed by atoms with E-state index in [1.807, 2.05) is 13.8 Å². The van der Waals surface area contributed by atoms with E-state index in [1.165, 1.54) is 0 Å². The monoisotopic (exact) mass is 362 g/mol. The standard InChI is InChI=1S/C19H26N2O5/c1-3-25-16-9-7-15(8-10-16)19(24)20-12-18(23)26-13-17(22)21-11-5-4-6-14(21)2/h7-10,14H,3-6,11-13H2,1-2H3,(H,20,24). The van der Waals surface area contributed by atoms with Crippen LogP contribution in [0.1, 0.15) is 43.5 Å². The maximum Gasteiger partial charge on any atom is 0.325 e. The maximum atomic E-state index is 12.1. The average molecular weight is 362 g/mol. The van der Waals surface area contributed by atoms with Crippen LogP contribution in [0.15, 0.2) is 24.3 Å². The zero-order valence-electron chi connectivity index (χ0n) is 15.3. The number of hydrogen-bond donors (Lipinski definition) is 1. The molecule has 142 valence electrons. The summed E-state index contributed by atoms with van der Waals surface area (Å²) in [6.45, 7) is 4.55. The molecule has 1 heterocycles. The molecule has 7 heteroatoms. The second-order valence-corrected chi connectivity index (χ2v) is 6.23. The van der Waals surface area contributed by atoms with Gasteiger partial charge in [-0.15, -0.1) is 0 Å². The number of nitrogens with one attached hydrogen (secondary N) is 1. The molecule has 1 aromatic rings. The first-order valence-electron chi connectivity index (χ1n) is 8.97. The highest BCUT2D eigenvalue weighted by atomic mass is 16.5. The first-order valence-corrected chi connectivity index (χ1v) is 8.97. The van der Waals surface area contributed by atoms with E-state index in [1.54, 1.807) is 29.2 Å². The minimum Gasteiger partial charge on any atom is -0.494 e. The van der Waals surface area contributed by atoms with Gasteiger partial charge in [0.2, 0.25) is 0 Å². The largest absolute Gasteiger partial charge is 0.494 e. The molecule has 1 aliphatic heterocycles. The zero-order valence-corrected chi connectivity index (χ0v) is 15.3. The van der Waals surface area contributed by atoms with Gasteiger partial charge in [0.25, 0.3) is 11.8 Å². The van der Waals surface area contributed by atoms with Gasteiger partial charge in [-0.3, -0.25) is 14.4 Å². The Morgan fingerprint density at radius 3 is 2.58 bits per heavy atom. The predicted molar refractivity (Wildman–Crippen MR) is 95.9 cm³/mol. The molecule has 1 unspecified atom stereocenters. The third-order valence-electron chi connectivity index (χ3n) is 4.30. The normalized spacial score (nSPS) is 16.7. The van der Waals surface area contributed by atoms with Gasteiger partial charge in [-0.25, -0.2) is 0 Å². The molecule has 0 radical (unpaired) electrons. The van der Waals surface area contributed by atoms with Crippen LogP contribution in [-0.2, 0) is 14.3 Å². The molecular formula is C19H26N2O5. The molecule has 2 rings (SSSR count). The van der Waals surface area contributed by atoms with Gasteiger partial charge >= 0.3 is 5.97 Å². The second kappa shape index (κ2) is 9.79. The highest BCUT2D eigenvalue weighted by Gasteiger charge is 2.23. The number of piperidine rings is 1. The van der Waals surface area contributed by atoms with Crippen LogP contribution >= 0.6 is 0 Å². The molecule has 0 aliphatic carbocycles. The van der Waals surface area contributed by atoms with E-state index >= 15 is 0 Å². The fourth-order valence-electron chi connectivity index (χ4n) is 2.87. The third kappa shape index (κ3) is 5.75. The van der Waals surface area contributed by atoms with Gasteiger partial charge in [0, 0.05) is 18.2 Å². The highest BCUT2D eigenvalue weighted by Crippen LogP contribution is 2.16. The quantitative estimate of drug-likeness (QED) is 0.747. The number of ether oxygens (including phenoxy) is 2. The van der Waals surface area contributed by atoms with Crippen LogP contribution in [0.4, 0.5) is 0 Å². The summed E-state index contributed by atoms with van der Waals surface area (Å²) in [5.41, 5.74) is 0.416. The average Bonchev–Trinajstić information content (AvgIpc) is 2.65. The molecule has 1 fully saturated rings. The first-order chi connectivity index (χ1) is 12.5. The van der Waals surface area contributed by atoms with E-state index in [-0.39, 0.29) is 31.0 Å². The Hall–Kier alpha value is -2.57. The Morgan fingerprint density at radius 2 is 1.92 bits per heavy atom. The summed E-state index contributed by atoms with van der Waals surface area (Å²) < 4.78 is 10.3. The smallest absolute Gasteiger partial charge is 0.325 e. The van der Waals surface area contributed by atoms with Gasteiger partial charge in [-0.1, -0.05) is 0 Å². The number of benzene rings is 1. The Morgan fingerprint density at radius 1 is 1.19 bits per heavy atom.